The van der Waals surface area contributed by atoms with Crippen molar-refractivity contribution >= 4 is 10.2 Å². The fourth-order valence-corrected chi connectivity index (χ4v) is 1.84. The summed E-state index contributed by atoms with van der Waals surface area (Å²) in [6.45, 7) is 0. The van der Waals surface area contributed by atoms with Crippen LogP contribution in [0.4, 0.5) is 17.1 Å². The first-order valence-corrected chi connectivity index (χ1v) is 5.41. The topological polar surface area (TPSA) is 52.6 Å². The molecule has 0 aliphatic carbocycles. The maximum Gasteiger partial charge on any atom is 0.573 e. The fraction of sp³-hybridized carbons (Fsp3) is 0.250. The van der Waals surface area contributed by atoms with Crippen LogP contribution >= 0.6 is 0 Å². The van der Waals surface area contributed by atoms with Crippen molar-refractivity contribution < 1.29 is 34.9 Å². The molecule has 0 aliphatic rings. The molecule has 9 heteroatoms. The zero-order valence-corrected chi connectivity index (χ0v) is 9.10. The van der Waals surface area contributed by atoms with Gasteiger partial charge in [-0.2, -0.15) is 8.42 Å². The molecule has 0 aromatic heterocycles. The van der Waals surface area contributed by atoms with E-state index in [1.54, 1.807) is 0 Å². The van der Waals surface area contributed by atoms with E-state index in [4.69, 9.17) is 0 Å². The summed E-state index contributed by atoms with van der Waals surface area (Å²) in [6.07, 6.45) is -5.13. The van der Waals surface area contributed by atoms with E-state index in [9.17, 15) is 25.5 Å². The Balaban J connectivity index is 3.41. The molecule has 0 saturated carbocycles. The lowest BCUT2D eigenvalue weighted by Crippen LogP contribution is -2.18. The van der Waals surface area contributed by atoms with Gasteiger partial charge < -0.3 is 9.47 Å². The number of halogens is 4. The summed E-state index contributed by atoms with van der Waals surface area (Å²) in [7, 11) is -4.41. The summed E-state index contributed by atoms with van der Waals surface area (Å²) in [5.41, 5.74) is 0. The third kappa shape index (κ3) is 3.48. The molecule has 1 aromatic rings. The highest BCUT2D eigenvalue weighted by Gasteiger charge is 2.35. The monoisotopic (exact) mass is 274 g/mol. The van der Waals surface area contributed by atoms with Gasteiger partial charge >= 0.3 is 16.6 Å². The highest BCUT2D eigenvalue weighted by atomic mass is 32.3. The number of ether oxygens (including phenoxy) is 2. The molecule has 1 aromatic carbocycles. The molecule has 0 unspecified atom stereocenters. The number of methoxy groups -OCH3 is 1. The fourth-order valence-electron chi connectivity index (χ4n) is 1.10. The second-order valence-corrected chi connectivity index (χ2v) is 4.06. The van der Waals surface area contributed by atoms with Crippen LogP contribution in [0.1, 0.15) is 0 Å². The molecule has 0 radical (unpaired) electrons. The summed E-state index contributed by atoms with van der Waals surface area (Å²) in [4.78, 5) is -1.29. The lowest BCUT2D eigenvalue weighted by atomic mass is 10.3. The van der Waals surface area contributed by atoms with Gasteiger partial charge in [0, 0.05) is 0 Å². The minimum atomic E-state index is -5.40. The third-order valence-corrected chi connectivity index (χ3v) is 2.52. The molecule has 0 fully saturated rings. The van der Waals surface area contributed by atoms with Gasteiger partial charge in [-0.05, 0) is 12.1 Å². The minimum Gasteiger partial charge on any atom is -0.495 e. The number of rotatable bonds is 3. The Morgan fingerprint density at radius 2 is 1.71 bits per heavy atom. The van der Waals surface area contributed by atoms with Crippen molar-refractivity contribution in [3.05, 3.63) is 18.2 Å². The Morgan fingerprint density at radius 1 is 1.18 bits per heavy atom. The molecule has 96 valence electrons. The zero-order valence-electron chi connectivity index (χ0n) is 8.29. The van der Waals surface area contributed by atoms with Crippen LogP contribution in [0.3, 0.4) is 0 Å². The van der Waals surface area contributed by atoms with Gasteiger partial charge in [0.05, 0.1) is 7.11 Å². The van der Waals surface area contributed by atoms with E-state index in [1.165, 1.54) is 0 Å². The van der Waals surface area contributed by atoms with Crippen molar-refractivity contribution in [2.24, 2.45) is 0 Å². The smallest absolute Gasteiger partial charge is 0.495 e. The molecule has 0 N–H and O–H groups in total. The van der Waals surface area contributed by atoms with Crippen LogP contribution in [0.2, 0.25) is 0 Å². The van der Waals surface area contributed by atoms with Crippen LogP contribution in [0.15, 0.2) is 23.1 Å². The highest BCUT2D eigenvalue weighted by Crippen LogP contribution is 2.36. The van der Waals surface area contributed by atoms with E-state index in [1.807, 2.05) is 0 Å². The molecule has 0 aliphatic heterocycles. The number of hydrogen-bond donors (Lipinski definition) is 0. The Kier molecular flexibility index (Phi) is 3.51. The van der Waals surface area contributed by atoms with Gasteiger partial charge in [0.25, 0.3) is 0 Å². The number of hydrogen-bond acceptors (Lipinski definition) is 4. The molecule has 0 atom stereocenters. The number of alkyl halides is 3. The lowest BCUT2D eigenvalue weighted by Gasteiger charge is -2.13. The maximum absolute atomic E-state index is 12.8. The predicted octanol–water partition coefficient (Wildman–Crippen LogP) is 2.25. The Labute approximate surface area is 94.0 Å². The quantitative estimate of drug-likeness (QED) is 0.626. The SMILES string of the molecule is COc1cccc(OC(F)(F)F)c1S(=O)(=O)F. The second kappa shape index (κ2) is 4.40. The van der Waals surface area contributed by atoms with Crippen LogP contribution in [0.25, 0.3) is 0 Å². The molecule has 4 nitrogen and oxygen atoms in total. The van der Waals surface area contributed by atoms with E-state index >= 15 is 0 Å². The molecule has 0 spiro atoms. The van der Waals surface area contributed by atoms with Crippen molar-refractivity contribution in [1.82, 2.24) is 0 Å². The molecule has 0 heterocycles. The van der Waals surface area contributed by atoms with Gasteiger partial charge in [0.15, 0.2) is 10.6 Å². The average molecular weight is 274 g/mol. The lowest BCUT2D eigenvalue weighted by molar-refractivity contribution is -0.275. The van der Waals surface area contributed by atoms with Gasteiger partial charge in [0.2, 0.25) is 0 Å². The summed E-state index contributed by atoms with van der Waals surface area (Å²) >= 11 is 0. The van der Waals surface area contributed by atoms with Crippen molar-refractivity contribution in [2.45, 2.75) is 11.3 Å². The summed E-state index contributed by atoms with van der Waals surface area (Å²) in [6, 6.07) is 2.70. The van der Waals surface area contributed by atoms with Gasteiger partial charge in [-0.3, -0.25) is 0 Å². The first-order valence-electron chi connectivity index (χ1n) is 4.02. The first kappa shape index (κ1) is 13.6. The molecule has 0 amide bonds. The first-order chi connectivity index (χ1) is 7.65. The average Bonchev–Trinajstić information content (AvgIpc) is 2.12. The zero-order chi connectivity index (χ0) is 13.3. The molecular weight excluding hydrogens is 268 g/mol. The summed E-state index contributed by atoms with van der Waals surface area (Å²) in [5, 5.41) is 0. The van der Waals surface area contributed by atoms with Crippen LogP contribution in [0.5, 0.6) is 11.5 Å². The molecular formula is C8H6F4O4S. The van der Waals surface area contributed by atoms with E-state index in [2.05, 4.69) is 9.47 Å². The van der Waals surface area contributed by atoms with Crippen LogP contribution < -0.4 is 9.47 Å². The van der Waals surface area contributed by atoms with Crippen molar-refractivity contribution in [1.29, 1.82) is 0 Å². The van der Waals surface area contributed by atoms with Crippen LogP contribution in [-0.2, 0) is 10.2 Å². The second-order valence-electron chi connectivity index (χ2n) is 2.77. The van der Waals surface area contributed by atoms with Crippen molar-refractivity contribution in [3.63, 3.8) is 0 Å². The highest BCUT2D eigenvalue weighted by molar-refractivity contribution is 7.86. The molecule has 17 heavy (non-hydrogen) atoms. The summed E-state index contributed by atoms with van der Waals surface area (Å²) in [5.74, 6) is -1.76. The Hall–Kier alpha value is -1.51. The van der Waals surface area contributed by atoms with Crippen LogP contribution in [0, 0.1) is 0 Å². The predicted molar refractivity (Wildman–Crippen MR) is 48.0 cm³/mol. The molecule has 0 saturated heterocycles. The molecule has 0 bridgehead atoms. The largest absolute Gasteiger partial charge is 0.573 e. The van der Waals surface area contributed by atoms with E-state index in [0.717, 1.165) is 19.2 Å². The Bertz CT molecular complexity index is 509. The van der Waals surface area contributed by atoms with Gasteiger partial charge in [-0.1, -0.05) is 6.07 Å². The van der Waals surface area contributed by atoms with Gasteiger partial charge in [-0.25, -0.2) is 0 Å². The Morgan fingerprint density at radius 3 is 2.12 bits per heavy atom. The standard InChI is InChI=1S/C8H6F4O4S/c1-15-5-3-2-4-6(16-8(9,10)11)7(5)17(12,13)14/h2-4H,1H3. The van der Waals surface area contributed by atoms with E-state index in [-0.39, 0.29) is 0 Å². The van der Waals surface area contributed by atoms with Crippen molar-refractivity contribution in [2.75, 3.05) is 7.11 Å². The van der Waals surface area contributed by atoms with Gasteiger partial charge in [-0.15, -0.1) is 17.1 Å². The minimum absolute atomic E-state index is 0.575. The van der Waals surface area contributed by atoms with E-state index < -0.39 is 33.0 Å². The normalized spacial score (nSPS) is 12.3. The van der Waals surface area contributed by atoms with Crippen molar-refractivity contribution in [3.8, 4) is 11.5 Å². The van der Waals surface area contributed by atoms with Gasteiger partial charge in [0.1, 0.15) is 5.75 Å². The van der Waals surface area contributed by atoms with E-state index in [0.29, 0.717) is 6.07 Å². The third-order valence-electron chi connectivity index (χ3n) is 1.63. The molecule has 1 rings (SSSR count). The van der Waals surface area contributed by atoms with Crippen LogP contribution in [-0.4, -0.2) is 21.9 Å². The summed E-state index contributed by atoms with van der Waals surface area (Å²) < 4.78 is 78.1. The maximum atomic E-state index is 12.8. The number of benzene rings is 1.